The normalized spacial score (nSPS) is 14.7. The van der Waals surface area contributed by atoms with Crippen LogP contribution >= 0.6 is 22.9 Å². The Balaban J connectivity index is 1.35. The standard InChI is InChI=1S/C22H20ClNO4S/c23-21-17(9-10-29-21)20(26)19(25)11-24-22(27)28-12-18-15-7-3-1-5-13(15)14-6-2-4-8-16(14)18/h1-10,18-20,25-26H,11-12H2,(H,24,27). The van der Waals surface area contributed by atoms with Crippen LogP contribution in [0.4, 0.5) is 4.79 Å². The van der Waals surface area contributed by atoms with E-state index in [1.54, 1.807) is 11.4 Å². The predicted octanol–water partition coefficient (Wildman–Crippen LogP) is 4.33. The second-order valence-electron chi connectivity index (χ2n) is 6.87. The van der Waals surface area contributed by atoms with Gasteiger partial charge in [-0.25, -0.2) is 4.79 Å². The summed E-state index contributed by atoms with van der Waals surface area (Å²) in [5.41, 5.74) is 5.01. The monoisotopic (exact) mass is 429 g/mol. The molecule has 7 heteroatoms. The minimum atomic E-state index is -1.19. The first kappa shape index (κ1) is 19.9. The van der Waals surface area contributed by atoms with E-state index < -0.39 is 18.3 Å². The van der Waals surface area contributed by atoms with Gasteiger partial charge in [0.25, 0.3) is 0 Å². The molecule has 2 unspecified atom stereocenters. The third-order valence-corrected chi connectivity index (χ3v) is 6.33. The molecular weight excluding hydrogens is 410 g/mol. The molecule has 0 radical (unpaired) electrons. The number of nitrogens with one attached hydrogen (secondary N) is 1. The van der Waals surface area contributed by atoms with E-state index in [0.717, 1.165) is 22.3 Å². The number of aliphatic hydroxyl groups excluding tert-OH is 2. The lowest BCUT2D eigenvalue weighted by atomic mass is 9.98. The van der Waals surface area contributed by atoms with Crippen LogP contribution in [-0.4, -0.2) is 35.6 Å². The van der Waals surface area contributed by atoms with Gasteiger partial charge >= 0.3 is 6.09 Å². The SMILES string of the molecule is O=C(NCC(O)C(O)c1ccsc1Cl)OCC1c2ccccc2-c2ccccc21. The van der Waals surface area contributed by atoms with Crippen molar-refractivity contribution < 1.29 is 19.7 Å². The van der Waals surface area contributed by atoms with Crippen LogP contribution in [0.15, 0.2) is 60.0 Å². The molecule has 0 saturated heterocycles. The zero-order valence-corrected chi connectivity index (χ0v) is 17.0. The largest absolute Gasteiger partial charge is 0.449 e. The number of hydrogen-bond donors (Lipinski definition) is 3. The lowest BCUT2D eigenvalue weighted by molar-refractivity contribution is 0.0188. The van der Waals surface area contributed by atoms with Crippen molar-refractivity contribution in [2.45, 2.75) is 18.1 Å². The average molecular weight is 430 g/mol. The molecule has 0 aliphatic heterocycles. The fourth-order valence-corrected chi connectivity index (χ4v) is 4.66. The number of amides is 1. The van der Waals surface area contributed by atoms with Crippen molar-refractivity contribution in [2.24, 2.45) is 0 Å². The summed E-state index contributed by atoms with van der Waals surface area (Å²) in [6.45, 7) is 0.0406. The minimum absolute atomic E-state index is 0.0340. The highest BCUT2D eigenvalue weighted by molar-refractivity contribution is 7.14. The molecule has 0 fully saturated rings. The van der Waals surface area contributed by atoms with Gasteiger partial charge in [-0.15, -0.1) is 11.3 Å². The number of hydrogen-bond acceptors (Lipinski definition) is 5. The molecule has 3 N–H and O–H groups in total. The Morgan fingerprint density at radius 2 is 1.69 bits per heavy atom. The Labute approximate surface area is 177 Å². The lowest BCUT2D eigenvalue weighted by Crippen LogP contribution is -2.36. The van der Waals surface area contributed by atoms with E-state index in [0.29, 0.717) is 9.90 Å². The molecule has 5 nitrogen and oxygen atoms in total. The fourth-order valence-electron chi connectivity index (χ4n) is 3.67. The molecule has 1 heterocycles. The number of benzene rings is 2. The second kappa shape index (κ2) is 8.55. The van der Waals surface area contributed by atoms with Crippen LogP contribution in [0.25, 0.3) is 11.1 Å². The number of aliphatic hydroxyl groups is 2. The highest BCUT2D eigenvalue weighted by Crippen LogP contribution is 2.44. The van der Waals surface area contributed by atoms with Gasteiger partial charge in [-0.3, -0.25) is 0 Å². The smallest absolute Gasteiger partial charge is 0.407 e. The zero-order valence-electron chi connectivity index (χ0n) is 15.4. The quantitative estimate of drug-likeness (QED) is 0.544. The number of carbonyl (C=O) groups is 1. The van der Waals surface area contributed by atoms with Crippen molar-refractivity contribution in [3.05, 3.63) is 81.0 Å². The molecule has 2 aromatic carbocycles. The van der Waals surface area contributed by atoms with E-state index >= 15 is 0 Å². The molecule has 2 atom stereocenters. The molecule has 1 amide bonds. The Morgan fingerprint density at radius 3 is 2.28 bits per heavy atom. The summed E-state index contributed by atoms with van der Waals surface area (Å²) in [6.07, 6.45) is -3.01. The summed E-state index contributed by atoms with van der Waals surface area (Å²) >= 11 is 7.25. The first-order valence-electron chi connectivity index (χ1n) is 9.24. The number of rotatable bonds is 6. The Morgan fingerprint density at radius 1 is 1.07 bits per heavy atom. The number of fused-ring (bicyclic) bond motifs is 3. The Bertz CT molecular complexity index is 976. The molecule has 1 aromatic heterocycles. The summed E-state index contributed by atoms with van der Waals surface area (Å²) in [5.74, 6) is -0.0340. The van der Waals surface area contributed by atoms with Crippen LogP contribution in [-0.2, 0) is 4.74 Å². The second-order valence-corrected chi connectivity index (χ2v) is 8.39. The number of ether oxygens (including phenoxy) is 1. The van der Waals surface area contributed by atoms with Gasteiger partial charge in [-0.2, -0.15) is 0 Å². The van der Waals surface area contributed by atoms with Crippen LogP contribution in [0, 0.1) is 0 Å². The molecule has 0 bridgehead atoms. The van der Waals surface area contributed by atoms with E-state index in [-0.39, 0.29) is 19.1 Å². The molecule has 0 saturated carbocycles. The summed E-state index contributed by atoms with van der Waals surface area (Å²) in [7, 11) is 0. The summed E-state index contributed by atoms with van der Waals surface area (Å²) < 4.78 is 5.83. The van der Waals surface area contributed by atoms with Gasteiger partial charge in [-0.05, 0) is 33.7 Å². The van der Waals surface area contributed by atoms with E-state index in [4.69, 9.17) is 16.3 Å². The van der Waals surface area contributed by atoms with Gasteiger partial charge in [0, 0.05) is 18.0 Å². The first-order valence-corrected chi connectivity index (χ1v) is 10.5. The van der Waals surface area contributed by atoms with Crippen LogP contribution < -0.4 is 5.32 Å². The topological polar surface area (TPSA) is 78.8 Å². The Kier molecular flexibility index (Phi) is 5.87. The van der Waals surface area contributed by atoms with E-state index in [1.165, 1.54) is 11.3 Å². The summed E-state index contributed by atoms with van der Waals surface area (Å²) in [5, 5.41) is 24.5. The highest BCUT2D eigenvalue weighted by atomic mass is 35.5. The van der Waals surface area contributed by atoms with Gasteiger partial charge in [-0.1, -0.05) is 60.1 Å². The Hall–Kier alpha value is -2.38. The molecule has 3 aromatic rings. The number of carbonyl (C=O) groups excluding carboxylic acids is 1. The molecule has 150 valence electrons. The minimum Gasteiger partial charge on any atom is -0.449 e. The van der Waals surface area contributed by atoms with Crippen LogP contribution in [0.3, 0.4) is 0 Å². The van der Waals surface area contributed by atoms with Crippen molar-refractivity contribution in [2.75, 3.05) is 13.2 Å². The number of thiophene rings is 1. The van der Waals surface area contributed by atoms with Crippen LogP contribution in [0.2, 0.25) is 4.34 Å². The molecule has 29 heavy (non-hydrogen) atoms. The lowest BCUT2D eigenvalue weighted by Gasteiger charge is -2.19. The van der Waals surface area contributed by atoms with Gasteiger partial charge in [0.1, 0.15) is 18.8 Å². The average Bonchev–Trinajstić information content (AvgIpc) is 3.31. The molecular formula is C22H20ClNO4S. The first-order chi connectivity index (χ1) is 14.1. The van der Waals surface area contributed by atoms with Crippen LogP contribution in [0.1, 0.15) is 28.7 Å². The highest BCUT2D eigenvalue weighted by Gasteiger charge is 2.29. The third-order valence-electron chi connectivity index (χ3n) is 5.13. The van der Waals surface area contributed by atoms with Crippen LogP contribution in [0.5, 0.6) is 0 Å². The molecule has 1 aliphatic carbocycles. The molecule has 4 rings (SSSR count). The fraction of sp³-hybridized carbons (Fsp3) is 0.227. The molecule has 0 spiro atoms. The maximum absolute atomic E-state index is 12.2. The van der Waals surface area contributed by atoms with E-state index in [1.807, 2.05) is 36.4 Å². The van der Waals surface area contributed by atoms with Crippen molar-refractivity contribution in [3.8, 4) is 11.1 Å². The summed E-state index contributed by atoms with van der Waals surface area (Å²) in [6, 6.07) is 17.8. The summed E-state index contributed by atoms with van der Waals surface area (Å²) in [4.78, 5) is 12.2. The van der Waals surface area contributed by atoms with Crippen molar-refractivity contribution >= 4 is 29.0 Å². The van der Waals surface area contributed by atoms with Gasteiger partial charge in [0.2, 0.25) is 0 Å². The maximum Gasteiger partial charge on any atom is 0.407 e. The third kappa shape index (κ3) is 4.02. The van der Waals surface area contributed by atoms with Crippen molar-refractivity contribution in [1.29, 1.82) is 0 Å². The number of halogens is 1. The molecule has 1 aliphatic rings. The van der Waals surface area contributed by atoms with Crippen molar-refractivity contribution in [1.82, 2.24) is 5.32 Å². The van der Waals surface area contributed by atoms with Gasteiger partial charge < -0.3 is 20.3 Å². The maximum atomic E-state index is 12.2. The number of alkyl carbamates (subject to hydrolysis) is 1. The van der Waals surface area contributed by atoms with Crippen molar-refractivity contribution in [3.63, 3.8) is 0 Å². The van der Waals surface area contributed by atoms with E-state index in [9.17, 15) is 15.0 Å². The van der Waals surface area contributed by atoms with Gasteiger partial charge in [0.15, 0.2) is 0 Å². The van der Waals surface area contributed by atoms with E-state index in [2.05, 4.69) is 17.4 Å². The predicted molar refractivity (Wildman–Crippen MR) is 113 cm³/mol. The zero-order chi connectivity index (χ0) is 20.4. The van der Waals surface area contributed by atoms with Gasteiger partial charge in [0.05, 0.1) is 4.34 Å².